The second kappa shape index (κ2) is 8.62. The minimum Gasteiger partial charge on any atom is -0.482 e. The van der Waals surface area contributed by atoms with E-state index in [9.17, 15) is 9.59 Å². The Morgan fingerprint density at radius 1 is 1.06 bits per heavy atom. The molecule has 0 aliphatic heterocycles. The molecule has 0 radical (unpaired) electrons. The SMILES string of the molecule is Cc1cc(-n2c(C)nc3ccccc3c2=O)ccc1NC(=O)COc1ccccc1Cl. The van der Waals surface area contributed by atoms with Crippen LogP contribution in [-0.2, 0) is 4.79 Å². The molecule has 0 aliphatic carbocycles. The van der Waals surface area contributed by atoms with Crippen LogP contribution in [0.25, 0.3) is 16.6 Å². The molecule has 3 aromatic carbocycles. The monoisotopic (exact) mass is 433 g/mol. The predicted octanol–water partition coefficient (Wildman–Crippen LogP) is 4.67. The van der Waals surface area contributed by atoms with Crippen molar-refractivity contribution in [3.8, 4) is 11.4 Å². The van der Waals surface area contributed by atoms with Crippen molar-refractivity contribution in [2.45, 2.75) is 13.8 Å². The maximum Gasteiger partial charge on any atom is 0.265 e. The number of benzene rings is 3. The molecular formula is C24H20ClN3O3. The smallest absolute Gasteiger partial charge is 0.265 e. The number of nitrogens with one attached hydrogen (secondary N) is 1. The predicted molar refractivity (Wildman–Crippen MR) is 122 cm³/mol. The third-order valence-electron chi connectivity index (χ3n) is 4.88. The highest BCUT2D eigenvalue weighted by Gasteiger charge is 2.12. The quantitative estimate of drug-likeness (QED) is 0.496. The Hall–Kier alpha value is -3.64. The summed E-state index contributed by atoms with van der Waals surface area (Å²) in [4.78, 5) is 29.9. The van der Waals surface area contributed by atoms with E-state index in [0.717, 1.165) is 5.56 Å². The van der Waals surface area contributed by atoms with Crippen LogP contribution in [0.1, 0.15) is 11.4 Å². The first-order chi connectivity index (χ1) is 14.9. The van der Waals surface area contributed by atoms with Gasteiger partial charge in [-0.2, -0.15) is 0 Å². The Morgan fingerprint density at radius 3 is 2.58 bits per heavy atom. The van der Waals surface area contributed by atoms with Gasteiger partial charge in [-0.25, -0.2) is 4.98 Å². The Labute approximate surface area is 184 Å². The fourth-order valence-corrected chi connectivity index (χ4v) is 3.56. The van der Waals surface area contributed by atoms with Gasteiger partial charge < -0.3 is 10.1 Å². The molecule has 1 N–H and O–H groups in total. The van der Waals surface area contributed by atoms with Gasteiger partial charge in [-0.3, -0.25) is 14.2 Å². The zero-order valence-corrected chi connectivity index (χ0v) is 17.8. The molecule has 6 nitrogen and oxygen atoms in total. The van der Waals surface area contributed by atoms with Gasteiger partial charge in [-0.1, -0.05) is 35.9 Å². The zero-order valence-electron chi connectivity index (χ0n) is 17.1. The van der Waals surface area contributed by atoms with E-state index in [2.05, 4.69) is 10.3 Å². The first-order valence-electron chi connectivity index (χ1n) is 9.70. The molecule has 0 bridgehead atoms. The van der Waals surface area contributed by atoms with Crippen molar-refractivity contribution < 1.29 is 9.53 Å². The summed E-state index contributed by atoms with van der Waals surface area (Å²) in [7, 11) is 0. The summed E-state index contributed by atoms with van der Waals surface area (Å²) in [5.74, 6) is 0.731. The minimum absolute atomic E-state index is 0.132. The number of ether oxygens (including phenoxy) is 1. The van der Waals surface area contributed by atoms with Gasteiger partial charge in [0.25, 0.3) is 11.5 Å². The van der Waals surface area contributed by atoms with Crippen molar-refractivity contribution in [1.82, 2.24) is 9.55 Å². The number of aryl methyl sites for hydroxylation is 2. The lowest BCUT2D eigenvalue weighted by molar-refractivity contribution is -0.118. The number of fused-ring (bicyclic) bond motifs is 1. The molecule has 0 saturated carbocycles. The minimum atomic E-state index is -0.309. The third kappa shape index (κ3) is 4.29. The molecule has 1 amide bonds. The maximum absolute atomic E-state index is 13.0. The average Bonchev–Trinajstić information content (AvgIpc) is 2.75. The molecule has 0 unspecified atom stereocenters. The van der Waals surface area contributed by atoms with Crippen LogP contribution in [0.5, 0.6) is 5.75 Å². The van der Waals surface area contributed by atoms with Crippen LogP contribution < -0.4 is 15.6 Å². The van der Waals surface area contributed by atoms with E-state index >= 15 is 0 Å². The summed E-state index contributed by atoms with van der Waals surface area (Å²) in [6.45, 7) is 3.49. The summed E-state index contributed by atoms with van der Waals surface area (Å²) < 4.78 is 7.05. The third-order valence-corrected chi connectivity index (χ3v) is 5.19. The normalized spacial score (nSPS) is 10.8. The standard InChI is InChI=1S/C24H20ClN3O3/c1-15-13-17(28-16(2)26-21-9-5-3-7-18(21)24(28)30)11-12-20(15)27-23(29)14-31-22-10-6-4-8-19(22)25/h3-13H,14H2,1-2H3,(H,27,29). The number of para-hydroxylation sites is 2. The van der Waals surface area contributed by atoms with Crippen LogP contribution in [0, 0.1) is 13.8 Å². The Morgan fingerprint density at radius 2 is 1.81 bits per heavy atom. The first kappa shape index (κ1) is 20.6. The number of nitrogens with zero attached hydrogens (tertiary/aromatic N) is 2. The topological polar surface area (TPSA) is 73.2 Å². The highest BCUT2D eigenvalue weighted by atomic mass is 35.5. The number of halogens is 1. The fraction of sp³-hybridized carbons (Fsp3) is 0.125. The molecule has 31 heavy (non-hydrogen) atoms. The lowest BCUT2D eigenvalue weighted by Gasteiger charge is -2.14. The Balaban J connectivity index is 1.55. The summed E-state index contributed by atoms with van der Waals surface area (Å²) in [6, 6.07) is 19.6. The maximum atomic E-state index is 13.0. The largest absolute Gasteiger partial charge is 0.482 e. The number of anilines is 1. The van der Waals surface area contributed by atoms with Crippen LogP contribution in [0.2, 0.25) is 5.02 Å². The molecular weight excluding hydrogens is 414 g/mol. The molecule has 0 fully saturated rings. The molecule has 0 saturated heterocycles. The van der Waals surface area contributed by atoms with E-state index in [1.165, 1.54) is 0 Å². The number of rotatable bonds is 5. The number of aromatic nitrogens is 2. The summed E-state index contributed by atoms with van der Waals surface area (Å²) in [5, 5.41) is 3.83. The van der Waals surface area contributed by atoms with Gasteiger partial charge in [0.1, 0.15) is 11.6 Å². The van der Waals surface area contributed by atoms with Gasteiger partial charge in [0, 0.05) is 5.69 Å². The van der Waals surface area contributed by atoms with Crippen LogP contribution >= 0.6 is 11.6 Å². The van der Waals surface area contributed by atoms with Crippen molar-refractivity contribution in [2.24, 2.45) is 0 Å². The molecule has 1 aromatic heterocycles. The van der Waals surface area contributed by atoms with E-state index in [1.807, 2.05) is 31.2 Å². The van der Waals surface area contributed by atoms with Crippen LogP contribution in [0.4, 0.5) is 5.69 Å². The second-order valence-electron chi connectivity index (χ2n) is 7.08. The molecule has 4 rings (SSSR count). The van der Waals surface area contributed by atoms with E-state index < -0.39 is 0 Å². The summed E-state index contributed by atoms with van der Waals surface area (Å²) in [5.41, 5.74) is 2.66. The molecule has 0 spiro atoms. The van der Waals surface area contributed by atoms with Gasteiger partial charge in [-0.15, -0.1) is 0 Å². The van der Waals surface area contributed by atoms with Crippen LogP contribution in [-0.4, -0.2) is 22.1 Å². The lowest BCUT2D eigenvalue weighted by atomic mass is 10.1. The average molecular weight is 434 g/mol. The fourth-order valence-electron chi connectivity index (χ4n) is 3.37. The highest BCUT2D eigenvalue weighted by molar-refractivity contribution is 6.32. The van der Waals surface area contributed by atoms with Crippen molar-refractivity contribution >= 4 is 34.1 Å². The Bertz CT molecular complexity index is 1350. The first-order valence-corrected chi connectivity index (χ1v) is 10.1. The molecule has 0 aliphatic rings. The Kier molecular flexibility index (Phi) is 5.73. The highest BCUT2D eigenvalue weighted by Crippen LogP contribution is 2.23. The van der Waals surface area contributed by atoms with Gasteiger partial charge in [0.05, 0.1) is 21.6 Å². The molecule has 156 valence electrons. The van der Waals surface area contributed by atoms with Crippen LogP contribution in [0.3, 0.4) is 0 Å². The zero-order chi connectivity index (χ0) is 22.0. The summed E-state index contributed by atoms with van der Waals surface area (Å²) in [6.07, 6.45) is 0. The number of hydrogen-bond acceptors (Lipinski definition) is 4. The van der Waals surface area contributed by atoms with Crippen molar-refractivity contribution in [2.75, 3.05) is 11.9 Å². The van der Waals surface area contributed by atoms with Crippen molar-refractivity contribution in [3.05, 3.63) is 93.5 Å². The number of hydrogen-bond donors (Lipinski definition) is 1. The van der Waals surface area contributed by atoms with E-state index in [0.29, 0.717) is 38.9 Å². The van der Waals surface area contributed by atoms with Crippen molar-refractivity contribution in [1.29, 1.82) is 0 Å². The van der Waals surface area contributed by atoms with Gasteiger partial charge in [0.15, 0.2) is 6.61 Å². The van der Waals surface area contributed by atoms with E-state index in [-0.39, 0.29) is 18.1 Å². The lowest BCUT2D eigenvalue weighted by Crippen LogP contribution is -2.23. The van der Waals surface area contributed by atoms with Gasteiger partial charge in [-0.05, 0) is 61.9 Å². The molecule has 0 atom stereocenters. The summed E-state index contributed by atoms with van der Waals surface area (Å²) >= 11 is 6.04. The number of carbonyl (C=O) groups excluding carboxylic acids is 1. The van der Waals surface area contributed by atoms with E-state index in [4.69, 9.17) is 16.3 Å². The molecule has 1 heterocycles. The second-order valence-corrected chi connectivity index (χ2v) is 7.49. The van der Waals surface area contributed by atoms with Crippen LogP contribution in [0.15, 0.2) is 71.5 Å². The van der Waals surface area contributed by atoms with E-state index in [1.54, 1.807) is 54.0 Å². The van der Waals surface area contributed by atoms with Gasteiger partial charge in [0.2, 0.25) is 0 Å². The number of amides is 1. The molecule has 4 aromatic rings. The molecule has 7 heteroatoms. The van der Waals surface area contributed by atoms with Crippen molar-refractivity contribution in [3.63, 3.8) is 0 Å². The number of carbonyl (C=O) groups is 1. The van der Waals surface area contributed by atoms with Gasteiger partial charge >= 0.3 is 0 Å².